The third-order valence-corrected chi connectivity index (χ3v) is 4.90. The molecule has 2 heterocycles. The van der Waals surface area contributed by atoms with E-state index in [2.05, 4.69) is 15.7 Å². The van der Waals surface area contributed by atoms with E-state index in [1.807, 2.05) is 18.0 Å². The summed E-state index contributed by atoms with van der Waals surface area (Å²) in [7, 11) is 0. The van der Waals surface area contributed by atoms with Gasteiger partial charge in [0.1, 0.15) is 5.82 Å². The predicted molar refractivity (Wildman–Crippen MR) is 84.8 cm³/mol. The first-order valence-electron chi connectivity index (χ1n) is 8.70. The summed E-state index contributed by atoms with van der Waals surface area (Å²) in [6, 6.07) is 0. The molecule has 1 amide bonds. The zero-order valence-corrected chi connectivity index (χ0v) is 13.5. The lowest BCUT2D eigenvalue weighted by atomic mass is 9.85. The van der Waals surface area contributed by atoms with Crippen molar-refractivity contribution in [2.45, 2.75) is 57.9 Å². The third kappa shape index (κ3) is 3.45. The molecule has 0 N–H and O–H groups in total. The summed E-state index contributed by atoms with van der Waals surface area (Å²) >= 11 is 0. The third-order valence-electron chi connectivity index (χ3n) is 4.90. The van der Waals surface area contributed by atoms with Crippen molar-refractivity contribution in [2.75, 3.05) is 19.7 Å². The number of rotatable bonds is 5. The highest BCUT2D eigenvalue weighted by Gasteiger charge is 2.29. The van der Waals surface area contributed by atoms with Crippen LogP contribution in [0.1, 0.15) is 57.2 Å². The van der Waals surface area contributed by atoms with Gasteiger partial charge in [0.2, 0.25) is 0 Å². The number of ether oxygens (including phenoxy) is 1. The van der Waals surface area contributed by atoms with Crippen LogP contribution >= 0.6 is 0 Å². The van der Waals surface area contributed by atoms with E-state index in [1.165, 1.54) is 19.3 Å². The Morgan fingerprint density at radius 1 is 1.36 bits per heavy atom. The number of piperidine rings is 1. The molecule has 22 heavy (non-hydrogen) atoms. The van der Waals surface area contributed by atoms with Gasteiger partial charge in [-0.05, 0) is 38.0 Å². The molecule has 1 saturated heterocycles. The normalized spacial score (nSPS) is 22.4. The molecule has 5 nitrogen and oxygen atoms in total. The fourth-order valence-corrected chi connectivity index (χ4v) is 3.42. The van der Waals surface area contributed by atoms with Gasteiger partial charge in [-0.15, -0.1) is 0 Å². The van der Waals surface area contributed by atoms with Gasteiger partial charge in [-0.25, -0.2) is 9.78 Å². The smallest absolute Gasteiger partial charge is 0.409 e. The van der Waals surface area contributed by atoms with Gasteiger partial charge in [0, 0.05) is 37.9 Å². The Kier molecular flexibility index (Phi) is 5.01. The summed E-state index contributed by atoms with van der Waals surface area (Å²) in [5.74, 6) is 2.32. The number of carbonyl (C=O) groups is 1. The molecule has 0 radical (unpaired) electrons. The lowest BCUT2D eigenvalue weighted by molar-refractivity contribution is 0.0905. The van der Waals surface area contributed by atoms with E-state index in [0.717, 1.165) is 50.6 Å². The van der Waals surface area contributed by atoms with E-state index >= 15 is 0 Å². The van der Waals surface area contributed by atoms with Crippen molar-refractivity contribution in [2.24, 2.45) is 5.92 Å². The maximum absolute atomic E-state index is 12.1. The minimum Gasteiger partial charge on any atom is -0.449 e. The highest BCUT2D eigenvalue weighted by molar-refractivity contribution is 5.67. The van der Waals surface area contributed by atoms with Gasteiger partial charge < -0.3 is 14.2 Å². The fourth-order valence-electron chi connectivity index (χ4n) is 3.42. The number of amides is 1. The number of hydrogen-bond acceptors (Lipinski definition) is 3. The molecule has 0 aromatic carbocycles. The second-order valence-electron chi connectivity index (χ2n) is 6.63. The number of likely N-dealkylation sites (tertiary alicyclic amines) is 1. The van der Waals surface area contributed by atoms with Gasteiger partial charge in [0.15, 0.2) is 0 Å². The molecule has 1 aliphatic heterocycles. The Bertz CT molecular complexity index is 496. The van der Waals surface area contributed by atoms with Crippen LogP contribution in [0.5, 0.6) is 0 Å². The Balaban J connectivity index is 1.61. The molecule has 1 aromatic heterocycles. The van der Waals surface area contributed by atoms with E-state index in [-0.39, 0.29) is 6.09 Å². The average Bonchev–Trinajstić information content (AvgIpc) is 2.97. The average molecular weight is 305 g/mol. The van der Waals surface area contributed by atoms with Gasteiger partial charge in [-0.2, -0.15) is 0 Å². The Labute approximate surface area is 132 Å². The van der Waals surface area contributed by atoms with Crippen LogP contribution in [0, 0.1) is 5.92 Å². The fraction of sp³-hybridized carbons (Fsp3) is 0.765. The van der Waals surface area contributed by atoms with Gasteiger partial charge in [0.25, 0.3) is 0 Å². The maximum Gasteiger partial charge on any atom is 0.409 e. The highest BCUT2D eigenvalue weighted by Crippen LogP contribution is 2.31. The van der Waals surface area contributed by atoms with Crippen molar-refractivity contribution in [1.82, 2.24) is 14.5 Å². The molecule has 1 aromatic rings. The minimum absolute atomic E-state index is 0.163. The largest absolute Gasteiger partial charge is 0.449 e. The van der Waals surface area contributed by atoms with E-state index in [4.69, 9.17) is 4.74 Å². The van der Waals surface area contributed by atoms with E-state index in [0.29, 0.717) is 12.5 Å². The first-order valence-corrected chi connectivity index (χ1v) is 8.70. The van der Waals surface area contributed by atoms with Crippen LogP contribution < -0.4 is 0 Å². The lowest BCUT2D eigenvalue weighted by Gasteiger charge is -2.33. The van der Waals surface area contributed by atoms with Gasteiger partial charge >= 0.3 is 6.09 Å². The summed E-state index contributed by atoms with van der Waals surface area (Å²) in [6.07, 6.45) is 10.9. The monoisotopic (exact) mass is 305 g/mol. The first kappa shape index (κ1) is 15.4. The summed E-state index contributed by atoms with van der Waals surface area (Å²) in [4.78, 5) is 18.5. The van der Waals surface area contributed by atoms with Crippen molar-refractivity contribution in [3.05, 3.63) is 18.2 Å². The zero-order chi connectivity index (χ0) is 15.4. The molecule has 1 atom stereocenters. The standard InChI is InChI=1S/C17H27N3O2/c1-2-11-22-17(21)20-9-4-7-15(13-20)16-18-8-10-19(16)12-14-5-3-6-14/h8,10,14-15H,2-7,9,11-13H2,1H3. The summed E-state index contributed by atoms with van der Waals surface area (Å²) in [6.45, 7) is 5.17. The van der Waals surface area contributed by atoms with Crippen LogP contribution in [0.25, 0.3) is 0 Å². The molecule has 3 rings (SSSR count). The molecule has 122 valence electrons. The summed E-state index contributed by atoms with van der Waals surface area (Å²) < 4.78 is 7.59. The Morgan fingerprint density at radius 2 is 2.23 bits per heavy atom. The van der Waals surface area contributed by atoms with Gasteiger partial charge in [0.05, 0.1) is 6.61 Å². The molecule has 1 unspecified atom stereocenters. The van der Waals surface area contributed by atoms with E-state index < -0.39 is 0 Å². The molecular weight excluding hydrogens is 278 g/mol. The van der Waals surface area contributed by atoms with Crippen LogP contribution in [0.3, 0.4) is 0 Å². The maximum atomic E-state index is 12.1. The molecule has 1 saturated carbocycles. The second kappa shape index (κ2) is 7.16. The molecule has 5 heteroatoms. The van der Waals surface area contributed by atoms with Gasteiger partial charge in [-0.1, -0.05) is 13.3 Å². The van der Waals surface area contributed by atoms with E-state index in [9.17, 15) is 4.79 Å². The molecule has 1 aliphatic carbocycles. The Hall–Kier alpha value is -1.52. The van der Waals surface area contributed by atoms with Crippen LogP contribution in [0.15, 0.2) is 12.4 Å². The zero-order valence-electron chi connectivity index (χ0n) is 13.5. The molecule has 0 spiro atoms. The van der Waals surface area contributed by atoms with Crippen LogP contribution in [-0.2, 0) is 11.3 Å². The number of aromatic nitrogens is 2. The van der Waals surface area contributed by atoms with E-state index in [1.54, 1.807) is 0 Å². The number of imidazole rings is 1. The van der Waals surface area contributed by atoms with Crippen molar-refractivity contribution >= 4 is 6.09 Å². The van der Waals surface area contributed by atoms with Crippen LogP contribution in [-0.4, -0.2) is 40.2 Å². The first-order chi connectivity index (χ1) is 10.8. The van der Waals surface area contributed by atoms with Crippen molar-refractivity contribution in [3.63, 3.8) is 0 Å². The summed E-state index contributed by atoms with van der Waals surface area (Å²) in [5, 5.41) is 0. The molecule has 0 bridgehead atoms. The number of nitrogens with zero attached hydrogens (tertiary/aromatic N) is 3. The predicted octanol–water partition coefficient (Wildman–Crippen LogP) is 3.41. The Morgan fingerprint density at radius 3 is 2.95 bits per heavy atom. The summed E-state index contributed by atoms with van der Waals surface area (Å²) in [5.41, 5.74) is 0. The van der Waals surface area contributed by atoms with Crippen molar-refractivity contribution in [1.29, 1.82) is 0 Å². The van der Waals surface area contributed by atoms with Crippen molar-refractivity contribution in [3.8, 4) is 0 Å². The van der Waals surface area contributed by atoms with Crippen molar-refractivity contribution < 1.29 is 9.53 Å². The lowest BCUT2D eigenvalue weighted by Crippen LogP contribution is -2.40. The molecular formula is C17H27N3O2. The topological polar surface area (TPSA) is 47.4 Å². The van der Waals surface area contributed by atoms with Crippen LogP contribution in [0.4, 0.5) is 4.79 Å². The second-order valence-corrected chi connectivity index (χ2v) is 6.63. The quantitative estimate of drug-likeness (QED) is 0.837. The van der Waals surface area contributed by atoms with Gasteiger partial charge in [-0.3, -0.25) is 0 Å². The molecule has 2 fully saturated rings. The highest BCUT2D eigenvalue weighted by atomic mass is 16.6. The number of carbonyl (C=O) groups excluding carboxylic acids is 1. The van der Waals surface area contributed by atoms with Crippen LogP contribution in [0.2, 0.25) is 0 Å². The minimum atomic E-state index is -0.163. The SMILES string of the molecule is CCCOC(=O)N1CCCC(c2nccn2CC2CCC2)C1. The molecule has 2 aliphatic rings. The number of hydrogen-bond donors (Lipinski definition) is 0.